The van der Waals surface area contributed by atoms with Crippen molar-refractivity contribution < 1.29 is 4.79 Å². The van der Waals surface area contributed by atoms with Gasteiger partial charge in [-0.25, -0.2) is 4.98 Å². The number of thiazole rings is 1. The molecular formula is C13H14N2OS2. The maximum absolute atomic E-state index is 12.1. The van der Waals surface area contributed by atoms with Gasteiger partial charge in [-0.3, -0.25) is 4.79 Å². The molecule has 2 heterocycles. The molecule has 18 heavy (non-hydrogen) atoms. The number of thiophene rings is 1. The van der Waals surface area contributed by atoms with Crippen molar-refractivity contribution in [2.75, 3.05) is 0 Å². The number of carbonyl (C=O) groups is 1. The molecule has 0 aromatic carbocycles. The molecule has 1 aliphatic carbocycles. The zero-order valence-corrected chi connectivity index (χ0v) is 11.6. The molecule has 0 aliphatic heterocycles. The maximum atomic E-state index is 12.1. The largest absolute Gasteiger partial charge is 0.346 e. The second kappa shape index (κ2) is 5.20. The third-order valence-corrected chi connectivity index (χ3v) is 4.93. The molecule has 2 aromatic rings. The highest BCUT2D eigenvalue weighted by Gasteiger charge is 2.19. The number of amides is 1. The van der Waals surface area contributed by atoms with Crippen LogP contribution in [0.25, 0.3) is 0 Å². The molecule has 2 aromatic heterocycles. The van der Waals surface area contributed by atoms with Crippen LogP contribution in [-0.2, 0) is 19.4 Å². The summed E-state index contributed by atoms with van der Waals surface area (Å²) in [5.74, 6) is 0.0520. The van der Waals surface area contributed by atoms with Crippen molar-refractivity contribution in [2.45, 2.75) is 32.2 Å². The van der Waals surface area contributed by atoms with Crippen LogP contribution in [0.2, 0.25) is 0 Å². The van der Waals surface area contributed by atoms with Gasteiger partial charge in [-0.15, -0.1) is 22.7 Å². The number of hydrogen-bond donors (Lipinski definition) is 1. The second-order valence-electron chi connectivity index (χ2n) is 4.44. The van der Waals surface area contributed by atoms with Crippen LogP contribution < -0.4 is 5.32 Å². The summed E-state index contributed by atoms with van der Waals surface area (Å²) in [6.07, 6.45) is 4.64. The van der Waals surface area contributed by atoms with Gasteiger partial charge in [0, 0.05) is 5.38 Å². The number of aryl methyl sites for hydroxylation is 1. The summed E-state index contributed by atoms with van der Waals surface area (Å²) in [5, 5.41) is 7.06. The first-order chi connectivity index (χ1) is 8.84. The fraction of sp³-hybridized carbons (Fsp3) is 0.385. The standard InChI is InChI=1S/C13H14N2OS2/c16-13(14-5-10-7-17-8-15-10)12-11-4-2-1-3-9(11)6-18-12/h6-8H,1-5H2,(H,14,16). The third kappa shape index (κ3) is 2.33. The monoisotopic (exact) mass is 278 g/mol. The predicted octanol–water partition coefficient (Wildman–Crippen LogP) is 3.01. The van der Waals surface area contributed by atoms with Crippen molar-refractivity contribution in [3.63, 3.8) is 0 Å². The molecule has 0 radical (unpaired) electrons. The minimum Gasteiger partial charge on any atom is -0.346 e. The van der Waals surface area contributed by atoms with Crippen molar-refractivity contribution in [1.82, 2.24) is 10.3 Å². The van der Waals surface area contributed by atoms with Gasteiger partial charge in [0.05, 0.1) is 22.6 Å². The summed E-state index contributed by atoms with van der Waals surface area (Å²) < 4.78 is 0. The van der Waals surface area contributed by atoms with E-state index in [9.17, 15) is 4.79 Å². The van der Waals surface area contributed by atoms with Gasteiger partial charge < -0.3 is 5.32 Å². The van der Waals surface area contributed by atoms with E-state index >= 15 is 0 Å². The number of nitrogens with zero attached hydrogens (tertiary/aromatic N) is 1. The van der Waals surface area contributed by atoms with E-state index in [0.29, 0.717) is 6.54 Å². The molecule has 0 fully saturated rings. The van der Waals surface area contributed by atoms with Crippen LogP contribution in [-0.4, -0.2) is 10.9 Å². The zero-order valence-electron chi connectivity index (χ0n) is 9.94. The van der Waals surface area contributed by atoms with E-state index in [2.05, 4.69) is 15.7 Å². The fourth-order valence-corrected chi connectivity index (χ4v) is 3.92. The van der Waals surface area contributed by atoms with Crippen molar-refractivity contribution in [1.29, 1.82) is 0 Å². The van der Waals surface area contributed by atoms with Crippen molar-refractivity contribution >= 4 is 28.6 Å². The molecule has 0 atom stereocenters. The molecular weight excluding hydrogens is 264 g/mol. The SMILES string of the molecule is O=C(NCc1cscn1)c1scc2c1CCCC2. The first-order valence-corrected chi connectivity index (χ1v) is 7.91. The minimum atomic E-state index is 0.0520. The van der Waals surface area contributed by atoms with Crippen LogP contribution in [0.1, 0.15) is 39.3 Å². The summed E-state index contributed by atoms with van der Waals surface area (Å²) in [6, 6.07) is 0. The van der Waals surface area contributed by atoms with Crippen LogP contribution in [0.4, 0.5) is 0 Å². The lowest BCUT2D eigenvalue weighted by Crippen LogP contribution is -2.23. The highest BCUT2D eigenvalue weighted by molar-refractivity contribution is 7.12. The van der Waals surface area contributed by atoms with E-state index in [1.807, 2.05) is 5.38 Å². The third-order valence-electron chi connectivity index (χ3n) is 3.22. The first kappa shape index (κ1) is 11.9. The molecule has 0 bridgehead atoms. The highest BCUT2D eigenvalue weighted by Crippen LogP contribution is 2.29. The van der Waals surface area contributed by atoms with Crippen molar-refractivity contribution in [3.8, 4) is 0 Å². The smallest absolute Gasteiger partial charge is 0.261 e. The Labute approximate surface area is 114 Å². The Bertz CT molecular complexity index is 545. The molecule has 94 valence electrons. The summed E-state index contributed by atoms with van der Waals surface area (Å²) in [5.41, 5.74) is 5.37. The van der Waals surface area contributed by atoms with Crippen LogP contribution in [0.15, 0.2) is 16.3 Å². The topological polar surface area (TPSA) is 42.0 Å². The van der Waals surface area contributed by atoms with Gasteiger partial charge in [-0.2, -0.15) is 0 Å². The zero-order chi connectivity index (χ0) is 12.4. The van der Waals surface area contributed by atoms with Crippen molar-refractivity contribution in [3.05, 3.63) is 38.0 Å². The number of carbonyl (C=O) groups excluding carboxylic acids is 1. The molecule has 1 amide bonds. The lowest BCUT2D eigenvalue weighted by molar-refractivity contribution is 0.0953. The molecule has 0 spiro atoms. The Morgan fingerprint density at radius 3 is 3.06 bits per heavy atom. The van der Waals surface area contributed by atoms with Crippen LogP contribution in [0, 0.1) is 0 Å². The van der Waals surface area contributed by atoms with Crippen molar-refractivity contribution in [2.24, 2.45) is 0 Å². The maximum Gasteiger partial charge on any atom is 0.261 e. The van der Waals surface area contributed by atoms with Gasteiger partial charge in [-0.1, -0.05) is 0 Å². The molecule has 1 aliphatic rings. The van der Waals surface area contributed by atoms with Gasteiger partial charge in [0.15, 0.2) is 0 Å². The molecule has 0 saturated heterocycles. The normalized spacial score (nSPS) is 14.2. The number of fused-ring (bicyclic) bond motifs is 1. The molecule has 1 N–H and O–H groups in total. The van der Waals surface area contributed by atoms with Gasteiger partial charge >= 0.3 is 0 Å². The number of rotatable bonds is 3. The minimum absolute atomic E-state index is 0.0520. The van der Waals surface area contributed by atoms with Crippen LogP contribution in [0.3, 0.4) is 0 Å². The number of hydrogen-bond acceptors (Lipinski definition) is 4. The Hall–Kier alpha value is -1.20. The number of nitrogens with one attached hydrogen (secondary N) is 1. The Morgan fingerprint density at radius 1 is 1.33 bits per heavy atom. The van der Waals surface area contributed by atoms with E-state index in [4.69, 9.17) is 0 Å². The highest BCUT2D eigenvalue weighted by atomic mass is 32.1. The van der Waals surface area contributed by atoms with Gasteiger partial charge in [0.25, 0.3) is 5.91 Å². The Kier molecular flexibility index (Phi) is 3.43. The second-order valence-corrected chi connectivity index (χ2v) is 6.04. The summed E-state index contributed by atoms with van der Waals surface area (Å²) >= 11 is 3.13. The molecule has 3 rings (SSSR count). The lowest BCUT2D eigenvalue weighted by atomic mass is 9.94. The van der Waals surface area contributed by atoms with E-state index in [0.717, 1.165) is 23.4 Å². The van der Waals surface area contributed by atoms with E-state index < -0.39 is 0 Å². The van der Waals surface area contributed by atoms with E-state index in [1.165, 1.54) is 24.0 Å². The fourth-order valence-electron chi connectivity index (χ4n) is 2.29. The van der Waals surface area contributed by atoms with Gasteiger partial charge in [0.1, 0.15) is 0 Å². The summed E-state index contributed by atoms with van der Waals surface area (Å²) in [4.78, 5) is 17.2. The average molecular weight is 278 g/mol. The Balaban J connectivity index is 1.70. The quantitative estimate of drug-likeness (QED) is 0.937. The molecule has 0 unspecified atom stereocenters. The lowest BCUT2D eigenvalue weighted by Gasteiger charge is -2.12. The Morgan fingerprint density at radius 2 is 2.22 bits per heavy atom. The van der Waals surface area contributed by atoms with Crippen LogP contribution >= 0.6 is 22.7 Å². The van der Waals surface area contributed by atoms with E-state index in [1.54, 1.807) is 28.2 Å². The molecule has 3 nitrogen and oxygen atoms in total. The summed E-state index contributed by atoms with van der Waals surface area (Å²) in [7, 11) is 0. The van der Waals surface area contributed by atoms with E-state index in [-0.39, 0.29) is 5.91 Å². The molecule has 5 heteroatoms. The van der Waals surface area contributed by atoms with Gasteiger partial charge in [0.2, 0.25) is 0 Å². The van der Waals surface area contributed by atoms with Crippen LogP contribution in [0.5, 0.6) is 0 Å². The molecule has 0 saturated carbocycles. The summed E-state index contributed by atoms with van der Waals surface area (Å²) in [6.45, 7) is 0.523. The average Bonchev–Trinajstić information content (AvgIpc) is 3.05. The first-order valence-electron chi connectivity index (χ1n) is 6.09. The number of aromatic nitrogens is 1. The predicted molar refractivity (Wildman–Crippen MR) is 74.2 cm³/mol. The van der Waals surface area contributed by atoms with Gasteiger partial charge in [-0.05, 0) is 42.2 Å².